The summed E-state index contributed by atoms with van der Waals surface area (Å²) in [7, 11) is 0. The first-order valence-corrected chi connectivity index (χ1v) is 6.61. The van der Waals surface area contributed by atoms with Crippen molar-refractivity contribution in [3.8, 4) is 11.5 Å². The van der Waals surface area contributed by atoms with E-state index in [1.165, 1.54) is 0 Å². The third kappa shape index (κ3) is 2.97. The maximum absolute atomic E-state index is 13.9. The average Bonchev–Trinajstić information content (AvgIpc) is 2.28. The Bertz CT molecular complexity index is 582. The van der Waals surface area contributed by atoms with E-state index in [0.29, 0.717) is 16.3 Å². The second-order valence-corrected chi connectivity index (χ2v) is 5.47. The Labute approximate surface area is 123 Å². The SMILES string of the molecule is Cc1ccc(Cl)c(Oc2cc(Cl)cc(Br)c2)c1F. The normalized spacial score (nSPS) is 10.5. The summed E-state index contributed by atoms with van der Waals surface area (Å²) in [6.07, 6.45) is 0. The molecule has 5 heteroatoms. The number of hydrogen-bond donors (Lipinski definition) is 0. The van der Waals surface area contributed by atoms with Crippen LogP contribution in [0.1, 0.15) is 5.56 Å². The molecule has 0 bridgehead atoms. The van der Waals surface area contributed by atoms with Crippen LogP contribution in [0.25, 0.3) is 0 Å². The molecule has 0 N–H and O–H groups in total. The predicted molar refractivity (Wildman–Crippen MR) is 75.4 cm³/mol. The van der Waals surface area contributed by atoms with Crippen molar-refractivity contribution in [2.24, 2.45) is 0 Å². The van der Waals surface area contributed by atoms with Crippen LogP contribution in [0, 0.1) is 12.7 Å². The first-order valence-electron chi connectivity index (χ1n) is 5.06. The lowest BCUT2D eigenvalue weighted by Crippen LogP contribution is -1.92. The van der Waals surface area contributed by atoms with Gasteiger partial charge < -0.3 is 4.74 Å². The zero-order chi connectivity index (χ0) is 13.3. The molecule has 0 aliphatic heterocycles. The maximum Gasteiger partial charge on any atom is 0.181 e. The van der Waals surface area contributed by atoms with Crippen LogP contribution in [-0.2, 0) is 0 Å². The number of hydrogen-bond acceptors (Lipinski definition) is 1. The molecule has 0 spiro atoms. The highest BCUT2D eigenvalue weighted by Gasteiger charge is 2.13. The third-order valence-corrected chi connectivity index (χ3v) is 3.27. The molecule has 0 amide bonds. The summed E-state index contributed by atoms with van der Waals surface area (Å²) in [6, 6.07) is 8.17. The molecule has 0 atom stereocenters. The quantitative estimate of drug-likeness (QED) is 0.646. The largest absolute Gasteiger partial charge is 0.453 e. The minimum absolute atomic E-state index is 0.00540. The summed E-state index contributed by atoms with van der Waals surface area (Å²) in [6.45, 7) is 1.65. The van der Waals surface area contributed by atoms with Crippen molar-refractivity contribution in [1.29, 1.82) is 0 Å². The average molecular weight is 350 g/mol. The van der Waals surface area contributed by atoms with E-state index in [-0.39, 0.29) is 10.8 Å². The summed E-state index contributed by atoms with van der Waals surface area (Å²) >= 11 is 15.1. The van der Waals surface area contributed by atoms with Crippen molar-refractivity contribution in [2.75, 3.05) is 0 Å². The van der Waals surface area contributed by atoms with E-state index in [1.54, 1.807) is 37.3 Å². The summed E-state index contributed by atoms with van der Waals surface area (Å²) < 4.78 is 20.1. The summed E-state index contributed by atoms with van der Waals surface area (Å²) in [5.74, 6) is -0.0507. The van der Waals surface area contributed by atoms with Crippen LogP contribution in [0.4, 0.5) is 4.39 Å². The van der Waals surface area contributed by atoms with E-state index in [2.05, 4.69) is 15.9 Å². The van der Waals surface area contributed by atoms with E-state index in [1.807, 2.05) is 0 Å². The molecule has 0 unspecified atom stereocenters. The molecule has 1 nitrogen and oxygen atoms in total. The Hall–Kier alpha value is -0.770. The highest BCUT2D eigenvalue weighted by molar-refractivity contribution is 9.10. The number of ether oxygens (including phenoxy) is 1. The van der Waals surface area contributed by atoms with Gasteiger partial charge in [0, 0.05) is 9.50 Å². The van der Waals surface area contributed by atoms with E-state index < -0.39 is 5.82 Å². The molecule has 0 aliphatic carbocycles. The fourth-order valence-electron chi connectivity index (χ4n) is 1.43. The van der Waals surface area contributed by atoms with Crippen LogP contribution in [0.15, 0.2) is 34.8 Å². The van der Waals surface area contributed by atoms with Gasteiger partial charge in [0.15, 0.2) is 11.6 Å². The molecule has 2 aromatic rings. The summed E-state index contributed by atoms with van der Waals surface area (Å²) in [5.41, 5.74) is 0.468. The van der Waals surface area contributed by atoms with Crippen molar-refractivity contribution >= 4 is 39.1 Å². The molecule has 0 radical (unpaired) electrons. The molecule has 2 aromatic carbocycles. The maximum atomic E-state index is 13.9. The summed E-state index contributed by atoms with van der Waals surface area (Å²) in [5, 5.41) is 0.706. The van der Waals surface area contributed by atoms with Crippen LogP contribution in [-0.4, -0.2) is 0 Å². The van der Waals surface area contributed by atoms with Crippen LogP contribution >= 0.6 is 39.1 Å². The lowest BCUT2D eigenvalue weighted by molar-refractivity contribution is 0.440. The van der Waals surface area contributed by atoms with Gasteiger partial charge in [-0.25, -0.2) is 4.39 Å². The second-order valence-electron chi connectivity index (χ2n) is 3.71. The number of halogens is 4. The third-order valence-electron chi connectivity index (χ3n) is 2.30. The van der Waals surface area contributed by atoms with Gasteiger partial charge in [-0.2, -0.15) is 0 Å². The van der Waals surface area contributed by atoms with Crippen LogP contribution in [0.2, 0.25) is 10.0 Å². The Morgan fingerprint density at radius 3 is 2.56 bits per heavy atom. The van der Waals surface area contributed by atoms with Gasteiger partial charge >= 0.3 is 0 Å². The van der Waals surface area contributed by atoms with Crippen LogP contribution in [0.3, 0.4) is 0 Å². The molecular formula is C13H8BrCl2FO. The fraction of sp³-hybridized carbons (Fsp3) is 0.0769. The molecule has 18 heavy (non-hydrogen) atoms. The Morgan fingerprint density at radius 1 is 1.17 bits per heavy atom. The topological polar surface area (TPSA) is 9.23 Å². The molecular weight excluding hydrogens is 342 g/mol. The number of rotatable bonds is 2. The molecule has 0 aliphatic rings. The highest BCUT2D eigenvalue weighted by atomic mass is 79.9. The zero-order valence-corrected chi connectivity index (χ0v) is 12.4. The van der Waals surface area contributed by atoms with E-state index in [9.17, 15) is 4.39 Å². The fourth-order valence-corrected chi connectivity index (χ4v) is 2.44. The van der Waals surface area contributed by atoms with Gasteiger partial charge in [0.25, 0.3) is 0 Å². The van der Waals surface area contributed by atoms with Gasteiger partial charge in [-0.15, -0.1) is 0 Å². The molecule has 0 saturated heterocycles. The molecule has 2 rings (SSSR count). The van der Waals surface area contributed by atoms with E-state index in [4.69, 9.17) is 27.9 Å². The van der Waals surface area contributed by atoms with Crippen molar-refractivity contribution < 1.29 is 9.13 Å². The van der Waals surface area contributed by atoms with Gasteiger partial charge in [-0.1, -0.05) is 45.2 Å². The van der Waals surface area contributed by atoms with Gasteiger partial charge in [-0.05, 0) is 36.8 Å². The van der Waals surface area contributed by atoms with Crippen LogP contribution < -0.4 is 4.74 Å². The molecule has 94 valence electrons. The standard InChI is InChI=1S/C13H8BrCl2FO/c1-7-2-3-11(16)13(12(7)17)18-10-5-8(14)4-9(15)6-10/h2-6H,1H3. The zero-order valence-electron chi connectivity index (χ0n) is 9.31. The lowest BCUT2D eigenvalue weighted by atomic mass is 10.2. The minimum atomic E-state index is -0.474. The summed E-state index contributed by atoms with van der Waals surface area (Å²) in [4.78, 5) is 0. The minimum Gasteiger partial charge on any atom is -0.453 e. The molecule has 0 saturated carbocycles. The Kier molecular flexibility index (Phi) is 4.15. The number of benzene rings is 2. The van der Waals surface area contributed by atoms with Crippen molar-refractivity contribution in [2.45, 2.75) is 6.92 Å². The second kappa shape index (κ2) is 5.47. The smallest absolute Gasteiger partial charge is 0.181 e. The van der Waals surface area contributed by atoms with E-state index >= 15 is 0 Å². The lowest BCUT2D eigenvalue weighted by Gasteiger charge is -2.10. The van der Waals surface area contributed by atoms with Gasteiger partial charge in [-0.3, -0.25) is 0 Å². The van der Waals surface area contributed by atoms with E-state index in [0.717, 1.165) is 4.47 Å². The van der Waals surface area contributed by atoms with Crippen molar-refractivity contribution in [3.05, 3.63) is 56.2 Å². The number of aryl methyl sites for hydroxylation is 1. The predicted octanol–water partition coefficient (Wildman–Crippen LogP) is 6.00. The Morgan fingerprint density at radius 2 is 1.89 bits per heavy atom. The monoisotopic (exact) mass is 348 g/mol. The van der Waals surface area contributed by atoms with Crippen molar-refractivity contribution in [3.63, 3.8) is 0 Å². The van der Waals surface area contributed by atoms with Gasteiger partial charge in [0.05, 0.1) is 5.02 Å². The molecule has 0 aromatic heterocycles. The first-order chi connectivity index (χ1) is 8.47. The van der Waals surface area contributed by atoms with Crippen LogP contribution in [0.5, 0.6) is 11.5 Å². The van der Waals surface area contributed by atoms with Gasteiger partial charge in [0.1, 0.15) is 5.75 Å². The van der Waals surface area contributed by atoms with Crippen molar-refractivity contribution in [1.82, 2.24) is 0 Å². The molecule has 0 heterocycles. The Balaban J connectivity index is 2.42. The highest BCUT2D eigenvalue weighted by Crippen LogP contribution is 2.35. The molecule has 0 fully saturated rings. The van der Waals surface area contributed by atoms with Gasteiger partial charge in [0.2, 0.25) is 0 Å². The first kappa shape index (κ1) is 13.7.